The fourth-order valence-corrected chi connectivity index (χ4v) is 3.49. The SMILES string of the molecule is C=CCN1C(=O)N(c2cc(C(=O)NCC)ccc2C)C(=O)C1Cc1ccccc1. The van der Waals surface area contributed by atoms with Gasteiger partial charge in [0, 0.05) is 25.1 Å². The molecular formula is C23H25N3O3. The molecule has 1 saturated heterocycles. The van der Waals surface area contributed by atoms with Gasteiger partial charge in [0.25, 0.3) is 11.8 Å². The first-order valence-electron chi connectivity index (χ1n) is 9.66. The van der Waals surface area contributed by atoms with E-state index in [4.69, 9.17) is 0 Å². The number of amides is 4. The van der Waals surface area contributed by atoms with Crippen molar-refractivity contribution in [2.24, 2.45) is 0 Å². The summed E-state index contributed by atoms with van der Waals surface area (Å²) >= 11 is 0. The van der Waals surface area contributed by atoms with Crippen LogP contribution in [0, 0.1) is 6.92 Å². The van der Waals surface area contributed by atoms with Crippen molar-refractivity contribution < 1.29 is 14.4 Å². The zero-order chi connectivity index (χ0) is 21.0. The third-order valence-corrected chi connectivity index (χ3v) is 4.97. The molecule has 29 heavy (non-hydrogen) atoms. The lowest BCUT2D eigenvalue weighted by Gasteiger charge is -2.20. The van der Waals surface area contributed by atoms with Gasteiger partial charge in [-0.1, -0.05) is 42.5 Å². The van der Waals surface area contributed by atoms with E-state index in [9.17, 15) is 14.4 Å². The maximum Gasteiger partial charge on any atom is 0.332 e. The summed E-state index contributed by atoms with van der Waals surface area (Å²) in [7, 11) is 0. The van der Waals surface area contributed by atoms with Gasteiger partial charge in [0.15, 0.2) is 0 Å². The van der Waals surface area contributed by atoms with Gasteiger partial charge in [0.1, 0.15) is 6.04 Å². The Morgan fingerprint density at radius 2 is 1.90 bits per heavy atom. The van der Waals surface area contributed by atoms with Crippen molar-refractivity contribution >= 4 is 23.5 Å². The van der Waals surface area contributed by atoms with Crippen molar-refractivity contribution in [1.29, 1.82) is 0 Å². The third kappa shape index (κ3) is 4.06. The monoisotopic (exact) mass is 391 g/mol. The maximum absolute atomic E-state index is 13.3. The standard InChI is InChI=1S/C23H25N3O3/c1-4-13-25-20(14-17-9-7-6-8-10-17)22(28)26(23(25)29)19-15-18(12-11-16(19)3)21(27)24-5-2/h4,6-12,15,20H,1,5,13-14H2,2-3H3,(H,24,27). The Bertz CT molecular complexity index is 940. The summed E-state index contributed by atoms with van der Waals surface area (Å²) in [4.78, 5) is 41.4. The fourth-order valence-electron chi connectivity index (χ4n) is 3.49. The molecule has 1 unspecified atom stereocenters. The van der Waals surface area contributed by atoms with E-state index < -0.39 is 12.1 Å². The average molecular weight is 391 g/mol. The van der Waals surface area contributed by atoms with Gasteiger partial charge < -0.3 is 10.2 Å². The molecule has 0 spiro atoms. The first-order chi connectivity index (χ1) is 14.0. The minimum Gasteiger partial charge on any atom is -0.352 e. The molecule has 2 aromatic rings. The zero-order valence-corrected chi connectivity index (χ0v) is 16.7. The lowest BCUT2D eigenvalue weighted by molar-refractivity contribution is -0.119. The van der Waals surface area contributed by atoms with Crippen LogP contribution in [0.2, 0.25) is 0 Å². The number of urea groups is 1. The lowest BCUT2D eigenvalue weighted by atomic mass is 10.0. The first kappa shape index (κ1) is 20.3. The van der Waals surface area contributed by atoms with Crippen LogP contribution in [-0.4, -0.2) is 41.9 Å². The maximum atomic E-state index is 13.3. The quantitative estimate of drug-likeness (QED) is 0.582. The van der Waals surface area contributed by atoms with Crippen molar-refractivity contribution in [3.63, 3.8) is 0 Å². The van der Waals surface area contributed by atoms with Gasteiger partial charge in [-0.15, -0.1) is 6.58 Å². The van der Waals surface area contributed by atoms with Crippen molar-refractivity contribution in [3.8, 4) is 0 Å². The van der Waals surface area contributed by atoms with Crippen molar-refractivity contribution in [1.82, 2.24) is 10.2 Å². The highest BCUT2D eigenvalue weighted by Gasteiger charge is 2.45. The summed E-state index contributed by atoms with van der Waals surface area (Å²) in [5.74, 6) is -0.534. The van der Waals surface area contributed by atoms with Gasteiger partial charge in [0.2, 0.25) is 0 Å². The molecule has 150 valence electrons. The lowest BCUT2D eigenvalue weighted by Crippen LogP contribution is -2.36. The predicted octanol–water partition coefficient (Wildman–Crippen LogP) is 3.31. The third-order valence-electron chi connectivity index (χ3n) is 4.97. The number of hydrogen-bond acceptors (Lipinski definition) is 3. The minimum atomic E-state index is -0.615. The van der Waals surface area contributed by atoms with E-state index in [1.54, 1.807) is 24.3 Å². The topological polar surface area (TPSA) is 69.7 Å². The summed E-state index contributed by atoms with van der Waals surface area (Å²) in [5, 5.41) is 2.74. The summed E-state index contributed by atoms with van der Waals surface area (Å²) in [6.45, 7) is 8.14. The molecule has 1 fully saturated rings. The average Bonchev–Trinajstić information content (AvgIpc) is 2.94. The Kier molecular flexibility index (Phi) is 6.12. The molecule has 0 aromatic heterocycles. The molecule has 3 rings (SSSR count). The molecule has 0 aliphatic carbocycles. The highest BCUT2D eigenvalue weighted by molar-refractivity contribution is 6.22. The second kappa shape index (κ2) is 8.73. The number of carbonyl (C=O) groups is 3. The Hall–Kier alpha value is -3.41. The van der Waals surface area contributed by atoms with E-state index in [0.717, 1.165) is 11.1 Å². The molecule has 1 aliphatic heterocycles. The van der Waals surface area contributed by atoms with Gasteiger partial charge >= 0.3 is 6.03 Å². The van der Waals surface area contributed by atoms with Gasteiger partial charge in [-0.2, -0.15) is 0 Å². The molecule has 0 radical (unpaired) electrons. The van der Waals surface area contributed by atoms with Crippen LogP contribution in [0.1, 0.15) is 28.4 Å². The molecule has 1 heterocycles. The Morgan fingerprint density at radius 3 is 2.55 bits per heavy atom. The smallest absolute Gasteiger partial charge is 0.332 e. The number of anilines is 1. The van der Waals surface area contributed by atoms with Crippen LogP contribution < -0.4 is 10.2 Å². The zero-order valence-electron chi connectivity index (χ0n) is 16.7. The number of nitrogens with zero attached hydrogens (tertiary/aromatic N) is 2. The molecule has 0 saturated carbocycles. The highest BCUT2D eigenvalue weighted by Crippen LogP contribution is 2.30. The van der Waals surface area contributed by atoms with Crippen LogP contribution in [0.15, 0.2) is 61.2 Å². The van der Waals surface area contributed by atoms with Crippen LogP contribution in [0.5, 0.6) is 0 Å². The van der Waals surface area contributed by atoms with Crippen LogP contribution in [-0.2, 0) is 11.2 Å². The predicted molar refractivity (Wildman–Crippen MR) is 113 cm³/mol. The van der Waals surface area contributed by atoms with Crippen LogP contribution in [0.3, 0.4) is 0 Å². The van der Waals surface area contributed by atoms with Crippen LogP contribution >= 0.6 is 0 Å². The van der Waals surface area contributed by atoms with E-state index in [0.29, 0.717) is 24.2 Å². The second-order valence-electron chi connectivity index (χ2n) is 6.96. The largest absolute Gasteiger partial charge is 0.352 e. The molecule has 1 atom stereocenters. The van der Waals surface area contributed by atoms with E-state index in [1.807, 2.05) is 44.2 Å². The van der Waals surface area contributed by atoms with Gasteiger partial charge in [-0.25, -0.2) is 9.69 Å². The molecule has 6 nitrogen and oxygen atoms in total. The number of rotatable bonds is 7. The number of carbonyl (C=O) groups excluding carboxylic acids is 3. The van der Waals surface area contributed by atoms with Crippen molar-refractivity contribution in [3.05, 3.63) is 77.9 Å². The summed E-state index contributed by atoms with van der Waals surface area (Å²) in [6.07, 6.45) is 2.04. The van der Waals surface area contributed by atoms with E-state index in [2.05, 4.69) is 11.9 Å². The second-order valence-corrected chi connectivity index (χ2v) is 6.96. The normalized spacial score (nSPS) is 16.3. The number of imide groups is 1. The fraction of sp³-hybridized carbons (Fsp3) is 0.261. The van der Waals surface area contributed by atoms with Gasteiger partial charge in [-0.05, 0) is 37.1 Å². The summed E-state index contributed by atoms with van der Waals surface area (Å²) < 4.78 is 0. The molecule has 2 aromatic carbocycles. The van der Waals surface area contributed by atoms with E-state index in [-0.39, 0.29) is 18.4 Å². The van der Waals surface area contributed by atoms with Crippen molar-refractivity contribution in [2.45, 2.75) is 26.3 Å². The number of aryl methyl sites for hydroxylation is 1. The molecule has 1 aliphatic rings. The van der Waals surface area contributed by atoms with Gasteiger partial charge in [0.05, 0.1) is 5.69 Å². The van der Waals surface area contributed by atoms with E-state index >= 15 is 0 Å². The molecule has 1 N–H and O–H groups in total. The Morgan fingerprint density at radius 1 is 1.17 bits per heavy atom. The summed E-state index contributed by atoms with van der Waals surface area (Å²) in [6, 6.07) is 13.6. The Balaban J connectivity index is 1.98. The highest BCUT2D eigenvalue weighted by atomic mass is 16.2. The van der Waals surface area contributed by atoms with Crippen molar-refractivity contribution in [2.75, 3.05) is 18.0 Å². The number of benzene rings is 2. The molecule has 0 bridgehead atoms. The number of hydrogen-bond donors (Lipinski definition) is 1. The molecular weight excluding hydrogens is 366 g/mol. The summed E-state index contributed by atoms with van der Waals surface area (Å²) in [5.41, 5.74) is 2.57. The molecule has 6 heteroatoms. The molecule has 4 amide bonds. The number of nitrogens with one attached hydrogen (secondary N) is 1. The van der Waals surface area contributed by atoms with Crippen LogP contribution in [0.4, 0.5) is 10.5 Å². The Labute approximate surface area is 170 Å². The van der Waals surface area contributed by atoms with Crippen LogP contribution in [0.25, 0.3) is 0 Å². The minimum absolute atomic E-state index is 0.239. The first-order valence-corrected chi connectivity index (χ1v) is 9.66. The van der Waals surface area contributed by atoms with Gasteiger partial charge in [-0.3, -0.25) is 9.59 Å². The van der Waals surface area contributed by atoms with E-state index in [1.165, 1.54) is 9.80 Å².